The Labute approximate surface area is 166 Å². The Balaban J connectivity index is 1.36. The minimum atomic E-state index is -0.384. The number of hydrogen-bond donors (Lipinski definition) is 2. The summed E-state index contributed by atoms with van der Waals surface area (Å²) < 4.78 is 5.85. The first-order valence-corrected chi connectivity index (χ1v) is 9.75. The number of nitrogens with one attached hydrogen (secondary N) is 2. The van der Waals surface area contributed by atoms with Crippen LogP contribution in [0.1, 0.15) is 15.9 Å². The number of carbonyl (C=O) groups excluding carboxylic acids is 3. The van der Waals surface area contributed by atoms with Crippen molar-refractivity contribution in [1.82, 2.24) is 10.2 Å². The first-order valence-electron chi connectivity index (χ1n) is 8.87. The molecule has 2 aliphatic rings. The maximum Gasteiger partial charge on any atom is 0.286 e. The van der Waals surface area contributed by atoms with Crippen LogP contribution in [0.4, 0.5) is 10.5 Å². The molecule has 0 aliphatic carbocycles. The molecule has 1 saturated heterocycles. The highest BCUT2D eigenvalue weighted by Crippen LogP contribution is 2.26. The van der Waals surface area contributed by atoms with Crippen LogP contribution >= 0.6 is 11.8 Å². The lowest BCUT2D eigenvalue weighted by Crippen LogP contribution is -2.49. The Morgan fingerprint density at radius 2 is 1.82 bits per heavy atom. The molecule has 0 spiro atoms. The van der Waals surface area contributed by atoms with Crippen molar-refractivity contribution < 1.29 is 19.1 Å². The summed E-state index contributed by atoms with van der Waals surface area (Å²) in [6.45, 7) is 0.297. The van der Waals surface area contributed by atoms with E-state index in [1.54, 1.807) is 18.0 Å². The predicted molar refractivity (Wildman–Crippen MR) is 107 cm³/mol. The van der Waals surface area contributed by atoms with E-state index in [0.29, 0.717) is 24.3 Å². The maximum atomic E-state index is 12.5. The standard InChI is InChI=1S/C20H19N3O4S/c1-23-17(21-15-5-3-2-4-14(15)19(23)25)11-27-13-8-6-12(7-9-13)10-16-18(24)22-20(26)28-16/h2-9,16-17,21H,10-11H2,1H3,(H,22,24,26). The second-order valence-corrected chi connectivity index (χ2v) is 7.84. The van der Waals surface area contributed by atoms with Crippen molar-refractivity contribution in [2.45, 2.75) is 17.8 Å². The van der Waals surface area contributed by atoms with Gasteiger partial charge in [0, 0.05) is 12.7 Å². The summed E-state index contributed by atoms with van der Waals surface area (Å²) in [7, 11) is 1.74. The Bertz CT molecular complexity index is 931. The summed E-state index contributed by atoms with van der Waals surface area (Å²) in [5.74, 6) is 0.386. The molecule has 4 rings (SSSR count). The fourth-order valence-electron chi connectivity index (χ4n) is 3.20. The van der Waals surface area contributed by atoms with Gasteiger partial charge in [-0.1, -0.05) is 36.0 Å². The summed E-state index contributed by atoms with van der Waals surface area (Å²) in [5, 5.41) is 4.93. The van der Waals surface area contributed by atoms with Crippen LogP contribution in [0, 0.1) is 0 Å². The number of para-hydroxylation sites is 1. The zero-order valence-corrected chi connectivity index (χ0v) is 16.0. The van der Waals surface area contributed by atoms with Gasteiger partial charge in [-0.05, 0) is 36.2 Å². The quantitative estimate of drug-likeness (QED) is 0.806. The van der Waals surface area contributed by atoms with Gasteiger partial charge in [-0.3, -0.25) is 19.7 Å². The number of likely N-dealkylation sites (N-methyl/N-ethyl adjacent to an activating group) is 1. The Morgan fingerprint density at radius 3 is 2.54 bits per heavy atom. The van der Waals surface area contributed by atoms with Gasteiger partial charge in [-0.15, -0.1) is 0 Å². The molecule has 2 unspecified atom stereocenters. The van der Waals surface area contributed by atoms with Gasteiger partial charge in [-0.2, -0.15) is 0 Å². The van der Waals surface area contributed by atoms with Crippen LogP contribution in [0.15, 0.2) is 48.5 Å². The molecule has 2 atom stereocenters. The van der Waals surface area contributed by atoms with Crippen LogP contribution < -0.4 is 15.4 Å². The van der Waals surface area contributed by atoms with Gasteiger partial charge in [0.15, 0.2) is 0 Å². The predicted octanol–water partition coefficient (Wildman–Crippen LogP) is 2.48. The van der Waals surface area contributed by atoms with Crippen molar-refractivity contribution in [3.05, 3.63) is 59.7 Å². The molecule has 2 aliphatic heterocycles. The van der Waals surface area contributed by atoms with Gasteiger partial charge in [0.2, 0.25) is 5.91 Å². The number of fused-ring (bicyclic) bond motifs is 1. The van der Waals surface area contributed by atoms with Gasteiger partial charge in [0.25, 0.3) is 11.1 Å². The van der Waals surface area contributed by atoms with Crippen LogP contribution in [0.5, 0.6) is 5.75 Å². The van der Waals surface area contributed by atoms with Gasteiger partial charge in [0.05, 0.1) is 10.8 Å². The third-order valence-electron chi connectivity index (χ3n) is 4.79. The molecule has 144 valence electrons. The van der Waals surface area contributed by atoms with Crippen LogP contribution in [0.2, 0.25) is 0 Å². The number of ether oxygens (including phenoxy) is 1. The van der Waals surface area contributed by atoms with Crippen LogP contribution in [0.25, 0.3) is 0 Å². The Hall–Kier alpha value is -3.00. The molecule has 2 heterocycles. The number of amides is 3. The smallest absolute Gasteiger partial charge is 0.286 e. The topological polar surface area (TPSA) is 87.7 Å². The maximum absolute atomic E-state index is 12.5. The number of thioether (sulfide) groups is 1. The number of anilines is 1. The highest BCUT2D eigenvalue weighted by molar-refractivity contribution is 8.15. The molecule has 3 amide bonds. The van der Waals surface area contributed by atoms with Gasteiger partial charge in [0.1, 0.15) is 18.5 Å². The largest absolute Gasteiger partial charge is 0.489 e. The highest BCUT2D eigenvalue weighted by atomic mass is 32.2. The first kappa shape index (κ1) is 18.4. The van der Waals surface area contributed by atoms with Crippen molar-refractivity contribution in [1.29, 1.82) is 0 Å². The fourth-order valence-corrected chi connectivity index (χ4v) is 4.06. The molecule has 7 nitrogen and oxygen atoms in total. The van der Waals surface area contributed by atoms with E-state index >= 15 is 0 Å². The monoisotopic (exact) mass is 397 g/mol. The normalized spacial score (nSPS) is 21.2. The number of hydrogen-bond acceptors (Lipinski definition) is 6. The fraction of sp³-hybridized carbons (Fsp3) is 0.250. The second kappa shape index (κ2) is 7.55. The Morgan fingerprint density at radius 1 is 1.07 bits per heavy atom. The Kier molecular flexibility index (Phi) is 4.95. The average Bonchev–Trinajstić information content (AvgIpc) is 3.01. The number of carbonyl (C=O) groups is 3. The summed E-state index contributed by atoms with van der Waals surface area (Å²) >= 11 is 1.02. The van der Waals surface area contributed by atoms with Gasteiger partial charge >= 0.3 is 0 Å². The highest BCUT2D eigenvalue weighted by Gasteiger charge is 2.31. The van der Waals surface area contributed by atoms with Crippen molar-refractivity contribution in [3.63, 3.8) is 0 Å². The molecular weight excluding hydrogens is 378 g/mol. The summed E-state index contributed by atoms with van der Waals surface area (Å²) in [6.07, 6.45) is 0.215. The zero-order valence-electron chi connectivity index (χ0n) is 15.2. The van der Waals surface area contributed by atoms with Crippen molar-refractivity contribution in [3.8, 4) is 5.75 Å². The molecule has 28 heavy (non-hydrogen) atoms. The summed E-state index contributed by atoms with van der Waals surface area (Å²) in [4.78, 5) is 37.0. The molecular formula is C20H19N3O4S. The van der Waals surface area contributed by atoms with Crippen molar-refractivity contribution >= 4 is 34.5 Å². The zero-order chi connectivity index (χ0) is 19.7. The van der Waals surface area contributed by atoms with E-state index in [-0.39, 0.29) is 28.5 Å². The summed E-state index contributed by atoms with van der Waals surface area (Å²) in [5.41, 5.74) is 2.40. The average molecular weight is 397 g/mol. The van der Waals surface area contributed by atoms with E-state index in [0.717, 1.165) is 23.0 Å². The number of nitrogens with zero attached hydrogens (tertiary/aromatic N) is 1. The SMILES string of the molecule is CN1C(=O)c2ccccc2NC1COc1ccc(CC2SC(=O)NC2=O)cc1. The first-order chi connectivity index (χ1) is 13.5. The molecule has 2 aromatic rings. The van der Waals surface area contributed by atoms with Crippen LogP contribution in [0.3, 0.4) is 0 Å². The third kappa shape index (κ3) is 3.68. The van der Waals surface area contributed by atoms with E-state index in [1.807, 2.05) is 42.5 Å². The van der Waals surface area contributed by atoms with Crippen molar-refractivity contribution in [2.24, 2.45) is 0 Å². The molecule has 2 N–H and O–H groups in total. The van der Waals surface area contributed by atoms with E-state index in [4.69, 9.17) is 4.74 Å². The lowest BCUT2D eigenvalue weighted by atomic mass is 10.1. The van der Waals surface area contributed by atoms with E-state index in [1.165, 1.54) is 0 Å². The number of imide groups is 1. The van der Waals surface area contributed by atoms with Crippen molar-refractivity contribution in [2.75, 3.05) is 19.0 Å². The molecule has 0 saturated carbocycles. The molecule has 2 aromatic carbocycles. The molecule has 0 radical (unpaired) electrons. The van der Waals surface area contributed by atoms with E-state index in [2.05, 4.69) is 10.6 Å². The lowest BCUT2D eigenvalue weighted by molar-refractivity contribution is -0.118. The molecule has 8 heteroatoms. The molecule has 0 bridgehead atoms. The third-order valence-corrected chi connectivity index (χ3v) is 5.77. The van der Waals surface area contributed by atoms with Crippen LogP contribution in [-0.2, 0) is 11.2 Å². The molecule has 1 fully saturated rings. The summed E-state index contributed by atoms with van der Waals surface area (Å²) in [6, 6.07) is 14.8. The number of rotatable bonds is 5. The minimum Gasteiger partial charge on any atom is -0.489 e. The van der Waals surface area contributed by atoms with E-state index in [9.17, 15) is 14.4 Å². The van der Waals surface area contributed by atoms with E-state index < -0.39 is 0 Å². The minimum absolute atomic E-state index is 0.0415. The van der Waals surface area contributed by atoms with Crippen LogP contribution in [-0.4, -0.2) is 47.0 Å². The molecule has 0 aromatic heterocycles. The van der Waals surface area contributed by atoms with Gasteiger partial charge in [-0.25, -0.2) is 0 Å². The van der Waals surface area contributed by atoms with Gasteiger partial charge < -0.3 is 15.0 Å². The second-order valence-electron chi connectivity index (χ2n) is 6.66. The number of benzene rings is 2. The lowest BCUT2D eigenvalue weighted by Gasteiger charge is -2.35.